The van der Waals surface area contributed by atoms with Gasteiger partial charge in [0.2, 0.25) is 0 Å². The Kier molecular flexibility index (Phi) is 10.8. The number of rotatable bonds is 5. The maximum Gasteiger partial charge on any atom is 0.158 e. The van der Waals surface area contributed by atoms with Gasteiger partial charge in [-0.1, -0.05) is 228 Å². The van der Waals surface area contributed by atoms with Crippen molar-refractivity contribution in [2.45, 2.75) is 163 Å². The van der Waals surface area contributed by atoms with Crippen LogP contribution in [0.25, 0.3) is 5.57 Å². The van der Waals surface area contributed by atoms with E-state index in [0.717, 1.165) is 0 Å². The minimum absolute atomic E-state index is 0.0135. The Morgan fingerprint density at radius 3 is 0.907 bits per heavy atom. The Bertz CT molecular complexity index is 1760. The van der Waals surface area contributed by atoms with Crippen LogP contribution in [0.1, 0.15) is 164 Å². The molecule has 5 rings (SSSR count). The van der Waals surface area contributed by atoms with E-state index < -0.39 is 8.07 Å². The van der Waals surface area contributed by atoms with E-state index in [-0.39, 0.29) is 38.0 Å². The van der Waals surface area contributed by atoms with Crippen molar-refractivity contribution < 1.29 is 0 Å². The molecule has 0 spiro atoms. The third kappa shape index (κ3) is 8.52. The molecule has 1 heteroatoms. The fourth-order valence-corrected chi connectivity index (χ4v) is 13.1. The maximum atomic E-state index is 2.64. The first-order valence-electron chi connectivity index (χ1n) is 20.5. The van der Waals surface area contributed by atoms with Crippen molar-refractivity contribution >= 4 is 29.2 Å². The molecule has 1 unspecified atom stereocenters. The summed E-state index contributed by atoms with van der Waals surface area (Å²) >= 11 is 0. The van der Waals surface area contributed by atoms with Crippen LogP contribution in [0.2, 0.25) is 5.54 Å². The standard InChI is InChI=1S/C53H72Si/c1-48(2,3)38-27-39(49(4,5)6)31-45(30-38)54(44-25-24-37(26-44)36-22-20-19-21-23-36,46-32-40(50(7,8)9)28-41(33-46)51(10,11)12)47-34-42(52(13,14)15)29-43(35-47)53(16,17)18/h19-35,44H,1-18H3. The van der Waals surface area contributed by atoms with E-state index in [2.05, 4.69) is 228 Å². The number of benzene rings is 4. The summed E-state index contributed by atoms with van der Waals surface area (Å²) in [6, 6.07) is 34.4. The third-order valence-electron chi connectivity index (χ3n) is 11.8. The average molecular weight is 737 g/mol. The normalized spacial score (nSPS) is 16.2. The van der Waals surface area contributed by atoms with Crippen molar-refractivity contribution in [3.05, 3.63) is 142 Å². The second kappa shape index (κ2) is 13.9. The Balaban J connectivity index is 2.13. The average Bonchev–Trinajstić information content (AvgIpc) is 3.53. The molecule has 0 aliphatic heterocycles. The van der Waals surface area contributed by atoms with Crippen LogP contribution in [0.15, 0.2) is 103 Å². The van der Waals surface area contributed by atoms with Crippen LogP contribution in [-0.4, -0.2) is 8.07 Å². The van der Waals surface area contributed by atoms with Gasteiger partial charge < -0.3 is 0 Å². The minimum Gasteiger partial charge on any atom is -0.0787 e. The summed E-state index contributed by atoms with van der Waals surface area (Å²) in [5.41, 5.74) is 11.2. The lowest BCUT2D eigenvalue weighted by Crippen LogP contribution is -2.70. The highest BCUT2D eigenvalue weighted by molar-refractivity contribution is 7.13. The molecule has 0 aromatic heterocycles. The summed E-state index contributed by atoms with van der Waals surface area (Å²) in [5, 5.41) is 4.53. The van der Waals surface area contributed by atoms with E-state index in [1.807, 2.05) is 0 Å². The van der Waals surface area contributed by atoms with Crippen LogP contribution in [0.3, 0.4) is 0 Å². The molecule has 1 atom stereocenters. The van der Waals surface area contributed by atoms with Crippen molar-refractivity contribution in [3.8, 4) is 0 Å². The summed E-state index contributed by atoms with van der Waals surface area (Å²) in [5.74, 6) is 0. The van der Waals surface area contributed by atoms with Crippen molar-refractivity contribution in [3.63, 3.8) is 0 Å². The van der Waals surface area contributed by atoms with Crippen molar-refractivity contribution in [2.75, 3.05) is 0 Å². The summed E-state index contributed by atoms with van der Waals surface area (Å²) in [6.45, 7) is 43.0. The molecule has 0 saturated carbocycles. The van der Waals surface area contributed by atoms with E-state index in [0.29, 0.717) is 0 Å². The second-order valence-electron chi connectivity index (χ2n) is 22.6. The molecule has 0 nitrogen and oxygen atoms in total. The van der Waals surface area contributed by atoms with Gasteiger partial charge in [0.15, 0.2) is 8.07 Å². The third-order valence-corrected chi connectivity index (χ3v) is 16.8. The molecule has 0 fully saturated rings. The van der Waals surface area contributed by atoms with Crippen LogP contribution in [0.5, 0.6) is 0 Å². The van der Waals surface area contributed by atoms with E-state index in [1.54, 1.807) is 0 Å². The summed E-state index contributed by atoms with van der Waals surface area (Å²) in [4.78, 5) is 0. The lowest BCUT2D eigenvalue weighted by atomic mass is 9.80. The molecule has 0 saturated heterocycles. The van der Waals surface area contributed by atoms with Gasteiger partial charge >= 0.3 is 0 Å². The monoisotopic (exact) mass is 737 g/mol. The predicted octanol–water partition coefficient (Wildman–Crippen LogP) is 13.0. The quantitative estimate of drug-likeness (QED) is 0.141. The zero-order chi connectivity index (χ0) is 40.4. The fraction of sp³-hybridized carbons (Fsp3) is 0.472. The van der Waals surface area contributed by atoms with Gasteiger partial charge in [-0.25, -0.2) is 0 Å². The fourth-order valence-electron chi connectivity index (χ4n) is 7.85. The SMILES string of the molecule is CC(C)(C)c1cc(C(C)(C)C)cc([Si](c2cc(C(C)(C)C)cc(C(C)(C)C)c2)(c2cc(C(C)(C)C)cc(C(C)(C)C)c2)C2C=CC(c3ccccc3)=C2)c1. The first kappa shape index (κ1) is 41.7. The van der Waals surface area contributed by atoms with Gasteiger partial charge in [-0.15, -0.1) is 0 Å². The molecule has 54 heavy (non-hydrogen) atoms. The number of hydrogen-bond acceptors (Lipinski definition) is 0. The van der Waals surface area contributed by atoms with E-state index >= 15 is 0 Å². The highest BCUT2D eigenvalue weighted by Gasteiger charge is 2.48. The van der Waals surface area contributed by atoms with Crippen molar-refractivity contribution in [1.29, 1.82) is 0 Å². The zero-order valence-corrected chi connectivity index (χ0v) is 38.4. The van der Waals surface area contributed by atoms with E-state index in [1.165, 1.54) is 60.1 Å². The molecule has 0 radical (unpaired) electrons. The van der Waals surface area contributed by atoms with Gasteiger partial charge in [0.05, 0.1) is 0 Å². The van der Waals surface area contributed by atoms with Gasteiger partial charge in [0.25, 0.3) is 0 Å². The van der Waals surface area contributed by atoms with Gasteiger partial charge in [-0.05, 0) is 92.6 Å². The second-order valence-corrected chi connectivity index (χ2v) is 26.6. The number of allylic oxidation sites excluding steroid dienone is 4. The lowest BCUT2D eigenvalue weighted by Gasteiger charge is -2.42. The molecule has 4 aromatic rings. The van der Waals surface area contributed by atoms with Crippen LogP contribution in [0, 0.1) is 0 Å². The van der Waals surface area contributed by atoms with Crippen molar-refractivity contribution in [2.24, 2.45) is 0 Å². The highest BCUT2D eigenvalue weighted by atomic mass is 28.3. The Hall–Kier alpha value is -3.42. The van der Waals surface area contributed by atoms with Gasteiger partial charge in [0, 0.05) is 5.54 Å². The highest BCUT2D eigenvalue weighted by Crippen LogP contribution is 2.40. The predicted molar refractivity (Wildman–Crippen MR) is 243 cm³/mol. The molecule has 1 aliphatic rings. The molecular weight excluding hydrogens is 665 g/mol. The van der Waals surface area contributed by atoms with Crippen LogP contribution >= 0.6 is 0 Å². The molecule has 1 aliphatic carbocycles. The topological polar surface area (TPSA) is 0 Å². The Morgan fingerprint density at radius 2 is 0.648 bits per heavy atom. The summed E-state index contributed by atoms with van der Waals surface area (Å²) < 4.78 is 0. The Labute approximate surface area is 332 Å². The lowest BCUT2D eigenvalue weighted by molar-refractivity contribution is 0.569. The molecule has 0 amide bonds. The van der Waals surface area contributed by atoms with E-state index in [4.69, 9.17) is 0 Å². The van der Waals surface area contributed by atoms with Gasteiger partial charge in [-0.3, -0.25) is 0 Å². The molecular formula is C53H72Si. The molecule has 0 bridgehead atoms. The summed E-state index contributed by atoms with van der Waals surface area (Å²) in [7, 11) is -2.99. The molecule has 4 aromatic carbocycles. The largest absolute Gasteiger partial charge is 0.158 e. The first-order valence-corrected chi connectivity index (χ1v) is 22.6. The van der Waals surface area contributed by atoms with Crippen LogP contribution in [-0.2, 0) is 32.5 Å². The Morgan fingerprint density at radius 1 is 0.370 bits per heavy atom. The zero-order valence-electron chi connectivity index (χ0n) is 37.4. The van der Waals surface area contributed by atoms with Gasteiger partial charge in [0.1, 0.15) is 0 Å². The molecule has 0 N–H and O–H groups in total. The number of hydrogen-bond donors (Lipinski definition) is 0. The first-order chi connectivity index (χ1) is 24.5. The smallest absolute Gasteiger partial charge is 0.0787 e. The van der Waals surface area contributed by atoms with E-state index in [9.17, 15) is 0 Å². The summed E-state index contributed by atoms with van der Waals surface area (Å²) in [6.07, 6.45) is 7.65. The van der Waals surface area contributed by atoms with Gasteiger partial charge in [-0.2, -0.15) is 0 Å². The molecule has 0 heterocycles. The van der Waals surface area contributed by atoms with Crippen molar-refractivity contribution in [1.82, 2.24) is 0 Å². The van der Waals surface area contributed by atoms with Crippen LogP contribution in [0.4, 0.5) is 0 Å². The minimum atomic E-state index is -2.99. The molecule has 288 valence electrons. The maximum absolute atomic E-state index is 2.99. The van der Waals surface area contributed by atoms with Crippen LogP contribution < -0.4 is 15.6 Å².